The van der Waals surface area contributed by atoms with Crippen molar-refractivity contribution in [3.63, 3.8) is 0 Å². The fourth-order valence-electron chi connectivity index (χ4n) is 2.59. The molecule has 1 saturated heterocycles. The van der Waals surface area contributed by atoms with Crippen LogP contribution in [0.25, 0.3) is 0 Å². The minimum atomic E-state index is -3.11. The highest BCUT2D eigenvalue weighted by molar-refractivity contribution is 7.88. The number of amides is 1. The van der Waals surface area contributed by atoms with Crippen LogP contribution in [0.2, 0.25) is 0 Å². The Morgan fingerprint density at radius 2 is 1.90 bits per heavy atom. The van der Waals surface area contributed by atoms with Gasteiger partial charge in [0.2, 0.25) is 15.9 Å². The Hall–Kier alpha value is -1.40. The molecule has 2 rings (SSSR count). The van der Waals surface area contributed by atoms with Gasteiger partial charge in [-0.05, 0) is 30.9 Å². The van der Waals surface area contributed by atoms with Crippen LogP contribution in [0, 0.1) is 6.92 Å². The normalized spacial score (nSPS) is 17.6. The van der Waals surface area contributed by atoms with E-state index in [1.807, 2.05) is 31.2 Å². The highest BCUT2D eigenvalue weighted by Crippen LogP contribution is 2.14. The summed E-state index contributed by atoms with van der Waals surface area (Å²) in [7, 11) is -3.11. The van der Waals surface area contributed by atoms with E-state index >= 15 is 0 Å². The van der Waals surface area contributed by atoms with E-state index < -0.39 is 10.0 Å². The maximum Gasteiger partial charge on any atom is 0.224 e. The Bertz CT molecular complexity index is 605. The van der Waals surface area contributed by atoms with E-state index in [0.29, 0.717) is 32.4 Å². The summed E-state index contributed by atoms with van der Waals surface area (Å²) in [5, 5.41) is 3.01. The highest BCUT2D eigenvalue weighted by Gasteiger charge is 2.25. The summed E-state index contributed by atoms with van der Waals surface area (Å²) in [6.07, 6.45) is 2.95. The summed E-state index contributed by atoms with van der Waals surface area (Å²) in [4.78, 5) is 12.1. The average molecular weight is 310 g/mol. The smallest absolute Gasteiger partial charge is 0.224 e. The van der Waals surface area contributed by atoms with E-state index in [-0.39, 0.29) is 11.9 Å². The first-order chi connectivity index (χ1) is 9.86. The predicted molar refractivity (Wildman–Crippen MR) is 82.5 cm³/mol. The molecule has 0 saturated carbocycles. The second kappa shape index (κ2) is 6.58. The van der Waals surface area contributed by atoms with Crippen molar-refractivity contribution in [2.45, 2.75) is 32.2 Å². The number of piperidine rings is 1. The number of hydrogen-bond donors (Lipinski definition) is 1. The van der Waals surface area contributed by atoms with Crippen molar-refractivity contribution in [1.29, 1.82) is 0 Å². The van der Waals surface area contributed by atoms with Crippen molar-refractivity contribution in [2.24, 2.45) is 0 Å². The fourth-order valence-corrected chi connectivity index (χ4v) is 3.47. The fraction of sp³-hybridized carbons (Fsp3) is 0.533. The topological polar surface area (TPSA) is 66.5 Å². The summed E-state index contributed by atoms with van der Waals surface area (Å²) in [6, 6.07) is 7.91. The van der Waals surface area contributed by atoms with Gasteiger partial charge in [0.05, 0.1) is 12.7 Å². The molecule has 1 N–H and O–H groups in total. The van der Waals surface area contributed by atoms with Crippen molar-refractivity contribution in [3.8, 4) is 0 Å². The lowest BCUT2D eigenvalue weighted by Gasteiger charge is -2.30. The van der Waals surface area contributed by atoms with Crippen LogP contribution in [0.1, 0.15) is 24.0 Å². The van der Waals surface area contributed by atoms with Gasteiger partial charge < -0.3 is 5.32 Å². The zero-order valence-electron chi connectivity index (χ0n) is 12.5. The van der Waals surface area contributed by atoms with Gasteiger partial charge in [0.1, 0.15) is 0 Å². The first-order valence-electron chi connectivity index (χ1n) is 7.15. The maximum atomic E-state index is 12.1. The molecule has 21 heavy (non-hydrogen) atoms. The highest BCUT2D eigenvalue weighted by atomic mass is 32.2. The number of carbonyl (C=O) groups excluding carboxylic acids is 1. The van der Waals surface area contributed by atoms with Crippen LogP contribution in [-0.2, 0) is 21.2 Å². The molecule has 0 bridgehead atoms. The van der Waals surface area contributed by atoms with Gasteiger partial charge >= 0.3 is 0 Å². The number of rotatable bonds is 4. The number of benzene rings is 1. The Labute approximate surface area is 126 Å². The molecule has 1 aromatic carbocycles. The molecule has 0 aliphatic carbocycles. The third-order valence-corrected chi connectivity index (χ3v) is 5.20. The molecule has 0 unspecified atom stereocenters. The molecule has 6 heteroatoms. The molecular formula is C15H22N2O3S. The van der Waals surface area contributed by atoms with Crippen LogP contribution in [0.5, 0.6) is 0 Å². The largest absolute Gasteiger partial charge is 0.353 e. The van der Waals surface area contributed by atoms with E-state index in [9.17, 15) is 13.2 Å². The van der Waals surface area contributed by atoms with Crippen LogP contribution in [0.3, 0.4) is 0 Å². The van der Waals surface area contributed by atoms with Crippen LogP contribution in [0.15, 0.2) is 24.3 Å². The summed E-state index contributed by atoms with van der Waals surface area (Å²) in [6.45, 7) is 2.95. The molecule has 1 heterocycles. The zero-order valence-corrected chi connectivity index (χ0v) is 13.3. The van der Waals surface area contributed by atoms with E-state index in [0.717, 1.165) is 11.1 Å². The lowest BCUT2D eigenvalue weighted by molar-refractivity contribution is -0.121. The van der Waals surface area contributed by atoms with E-state index in [2.05, 4.69) is 5.32 Å². The quantitative estimate of drug-likeness (QED) is 0.905. The number of sulfonamides is 1. The number of carbonyl (C=O) groups is 1. The third-order valence-electron chi connectivity index (χ3n) is 3.90. The Kier molecular flexibility index (Phi) is 5.00. The molecule has 116 valence electrons. The summed E-state index contributed by atoms with van der Waals surface area (Å²) in [5.41, 5.74) is 2.14. The number of nitrogens with zero attached hydrogens (tertiary/aromatic N) is 1. The van der Waals surface area contributed by atoms with Crippen LogP contribution >= 0.6 is 0 Å². The first kappa shape index (κ1) is 16.0. The Morgan fingerprint density at radius 3 is 2.48 bits per heavy atom. The zero-order chi connectivity index (χ0) is 15.5. The molecule has 0 radical (unpaired) electrons. The second-order valence-electron chi connectivity index (χ2n) is 5.61. The molecule has 1 aromatic rings. The van der Waals surface area contributed by atoms with Gasteiger partial charge in [-0.1, -0.05) is 24.3 Å². The molecule has 1 aliphatic rings. The number of aryl methyl sites for hydroxylation is 1. The molecule has 0 atom stereocenters. The SMILES string of the molecule is Cc1ccccc1CC(=O)NC1CCN(S(C)(=O)=O)CC1. The van der Waals surface area contributed by atoms with E-state index in [1.165, 1.54) is 10.6 Å². The van der Waals surface area contributed by atoms with Gasteiger partial charge in [0, 0.05) is 19.1 Å². The molecule has 5 nitrogen and oxygen atoms in total. The van der Waals surface area contributed by atoms with Gasteiger partial charge in [-0.15, -0.1) is 0 Å². The second-order valence-corrected chi connectivity index (χ2v) is 7.59. The van der Waals surface area contributed by atoms with Crippen molar-refractivity contribution >= 4 is 15.9 Å². The van der Waals surface area contributed by atoms with Crippen molar-refractivity contribution < 1.29 is 13.2 Å². The number of hydrogen-bond acceptors (Lipinski definition) is 3. The lowest BCUT2D eigenvalue weighted by atomic mass is 10.0. The van der Waals surface area contributed by atoms with Crippen LogP contribution < -0.4 is 5.32 Å². The lowest BCUT2D eigenvalue weighted by Crippen LogP contribution is -2.46. The molecule has 1 aliphatic heterocycles. The maximum absolute atomic E-state index is 12.1. The van der Waals surface area contributed by atoms with Crippen LogP contribution in [0.4, 0.5) is 0 Å². The molecule has 1 amide bonds. The van der Waals surface area contributed by atoms with E-state index in [1.54, 1.807) is 0 Å². The van der Waals surface area contributed by atoms with Gasteiger partial charge in [-0.3, -0.25) is 4.79 Å². The Balaban J connectivity index is 1.84. The monoisotopic (exact) mass is 310 g/mol. The van der Waals surface area contributed by atoms with Gasteiger partial charge in [-0.25, -0.2) is 12.7 Å². The van der Waals surface area contributed by atoms with Gasteiger partial charge in [-0.2, -0.15) is 0 Å². The first-order valence-corrected chi connectivity index (χ1v) is 9.00. The molecular weight excluding hydrogens is 288 g/mol. The minimum Gasteiger partial charge on any atom is -0.353 e. The summed E-state index contributed by atoms with van der Waals surface area (Å²) in [5.74, 6) is 0.00195. The third kappa shape index (κ3) is 4.54. The van der Waals surface area contributed by atoms with E-state index in [4.69, 9.17) is 0 Å². The minimum absolute atomic E-state index is 0.00195. The summed E-state index contributed by atoms with van der Waals surface area (Å²) >= 11 is 0. The molecule has 0 aromatic heterocycles. The summed E-state index contributed by atoms with van der Waals surface area (Å²) < 4.78 is 24.3. The molecule has 1 fully saturated rings. The Morgan fingerprint density at radius 1 is 1.29 bits per heavy atom. The molecule has 0 spiro atoms. The average Bonchev–Trinajstić information content (AvgIpc) is 2.41. The van der Waals surface area contributed by atoms with Gasteiger partial charge in [0.25, 0.3) is 0 Å². The van der Waals surface area contributed by atoms with Crippen molar-refractivity contribution in [2.75, 3.05) is 19.3 Å². The standard InChI is InChI=1S/C15H22N2O3S/c1-12-5-3-4-6-13(12)11-15(18)16-14-7-9-17(10-8-14)21(2,19)20/h3-6,14H,7-11H2,1-2H3,(H,16,18). The van der Waals surface area contributed by atoms with Crippen molar-refractivity contribution in [3.05, 3.63) is 35.4 Å². The van der Waals surface area contributed by atoms with Crippen LogP contribution in [-0.4, -0.2) is 44.0 Å². The van der Waals surface area contributed by atoms with Crippen molar-refractivity contribution in [1.82, 2.24) is 9.62 Å². The number of nitrogens with one attached hydrogen (secondary N) is 1. The van der Waals surface area contributed by atoms with Gasteiger partial charge in [0.15, 0.2) is 0 Å². The predicted octanol–water partition coefficient (Wildman–Crippen LogP) is 1.08.